The van der Waals surface area contributed by atoms with Gasteiger partial charge in [-0.1, -0.05) is 17.7 Å². The molecule has 1 unspecified atom stereocenters. The van der Waals surface area contributed by atoms with E-state index in [4.69, 9.17) is 9.47 Å². The number of ether oxygens (including phenoxy) is 2. The Hall–Kier alpha value is -1.94. The van der Waals surface area contributed by atoms with E-state index < -0.39 is 0 Å². The van der Waals surface area contributed by atoms with Crippen LogP contribution in [0.5, 0.6) is 5.75 Å². The van der Waals surface area contributed by atoms with Gasteiger partial charge in [0.2, 0.25) is 0 Å². The summed E-state index contributed by atoms with van der Waals surface area (Å²) in [6.45, 7) is 2.11. The molecule has 2 aromatic rings. The van der Waals surface area contributed by atoms with E-state index in [0.717, 1.165) is 35.9 Å². The van der Waals surface area contributed by atoms with Crippen LogP contribution < -0.4 is 4.74 Å². The molecule has 1 fully saturated rings. The van der Waals surface area contributed by atoms with Crippen LogP contribution in [0.3, 0.4) is 0 Å². The molecule has 3 rings (SSSR count). The molecule has 0 N–H and O–H groups in total. The quantitative estimate of drug-likeness (QED) is 0.724. The van der Waals surface area contributed by atoms with Gasteiger partial charge < -0.3 is 9.47 Å². The van der Waals surface area contributed by atoms with Crippen molar-refractivity contribution in [1.82, 2.24) is 0 Å². The lowest BCUT2D eigenvalue weighted by Crippen LogP contribution is -2.09. The van der Waals surface area contributed by atoms with Crippen molar-refractivity contribution in [2.24, 2.45) is 4.99 Å². The minimum absolute atomic E-state index is 0.248. The normalized spacial score (nSPS) is 18.9. The van der Waals surface area contributed by atoms with Crippen molar-refractivity contribution in [1.29, 1.82) is 0 Å². The molecule has 1 saturated heterocycles. The molecule has 0 bridgehead atoms. The molecule has 0 radical (unpaired) electrons. The summed E-state index contributed by atoms with van der Waals surface area (Å²) in [5.74, 6) is 2.64. The van der Waals surface area contributed by atoms with Crippen LogP contribution in [0.1, 0.15) is 18.4 Å². The zero-order chi connectivity index (χ0) is 16.1. The highest BCUT2D eigenvalue weighted by atomic mass is 32.2. The SMILES string of the molecule is COc1ccc(N=C2CCC(CSc3ccc(C)cc3)O2)cc1. The monoisotopic (exact) mass is 327 g/mol. The molecule has 0 aliphatic carbocycles. The molecule has 4 heteroatoms. The highest BCUT2D eigenvalue weighted by molar-refractivity contribution is 7.99. The first-order valence-electron chi connectivity index (χ1n) is 7.80. The van der Waals surface area contributed by atoms with Gasteiger partial charge in [0.05, 0.1) is 12.8 Å². The summed E-state index contributed by atoms with van der Waals surface area (Å²) in [4.78, 5) is 5.87. The highest BCUT2D eigenvalue weighted by Gasteiger charge is 2.22. The van der Waals surface area contributed by atoms with Gasteiger partial charge in [-0.05, 0) is 49.7 Å². The lowest BCUT2D eigenvalue weighted by molar-refractivity contribution is 0.245. The van der Waals surface area contributed by atoms with Crippen molar-refractivity contribution in [3.63, 3.8) is 0 Å². The van der Waals surface area contributed by atoms with E-state index in [2.05, 4.69) is 36.2 Å². The fourth-order valence-electron chi connectivity index (χ4n) is 2.42. The summed E-state index contributed by atoms with van der Waals surface area (Å²) in [5.41, 5.74) is 2.20. The maximum atomic E-state index is 5.97. The number of hydrogen-bond acceptors (Lipinski definition) is 4. The summed E-state index contributed by atoms with van der Waals surface area (Å²) in [6, 6.07) is 16.4. The number of hydrogen-bond donors (Lipinski definition) is 0. The fraction of sp³-hybridized carbons (Fsp3) is 0.316. The summed E-state index contributed by atoms with van der Waals surface area (Å²) < 4.78 is 11.1. The molecule has 0 amide bonds. The third kappa shape index (κ3) is 4.52. The Morgan fingerprint density at radius 1 is 1.13 bits per heavy atom. The third-order valence-electron chi connectivity index (χ3n) is 3.77. The van der Waals surface area contributed by atoms with Crippen LogP contribution in [0.4, 0.5) is 5.69 Å². The Labute approximate surface area is 141 Å². The maximum Gasteiger partial charge on any atom is 0.188 e. The molecule has 0 aromatic heterocycles. The number of aliphatic imine (C=N–C) groups is 1. The van der Waals surface area contributed by atoms with Crippen LogP contribution in [0, 0.1) is 6.92 Å². The number of aryl methyl sites for hydroxylation is 1. The van der Waals surface area contributed by atoms with Crippen molar-refractivity contribution >= 4 is 23.3 Å². The van der Waals surface area contributed by atoms with Crippen LogP contribution in [-0.4, -0.2) is 24.9 Å². The van der Waals surface area contributed by atoms with Crippen LogP contribution in [-0.2, 0) is 4.74 Å². The Bertz CT molecular complexity index is 665. The first-order valence-corrected chi connectivity index (χ1v) is 8.79. The number of rotatable bonds is 5. The number of benzene rings is 2. The second kappa shape index (κ2) is 7.55. The average Bonchev–Trinajstić information content (AvgIpc) is 3.02. The van der Waals surface area contributed by atoms with Gasteiger partial charge in [-0.25, -0.2) is 4.99 Å². The number of methoxy groups -OCH3 is 1. The number of thioether (sulfide) groups is 1. The predicted octanol–water partition coefficient (Wildman–Crippen LogP) is 5.00. The Morgan fingerprint density at radius 3 is 2.57 bits per heavy atom. The van der Waals surface area contributed by atoms with Crippen molar-refractivity contribution in [3.05, 3.63) is 54.1 Å². The van der Waals surface area contributed by atoms with Gasteiger partial charge in [0.1, 0.15) is 11.9 Å². The highest BCUT2D eigenvalue weighted by Crippen LogP contribution is 2.27. The topological polar surface area (TPSA) is 30.8 Å². The predicted molar refractivity (Wildman–Crippen MR) is 96.1 cm³/mol. The molecule has 3 nitrogen and oxygen atoms in total. The van der Waals surface area contributed by atoms with Crippen LogP contribution in [0.2, 0.25) is 0 Å². The molecule has 0 spiro atoms. The van der Waals surface area contributed by atoms with Gasteiger partial charge in [0, 0.05) is 17.1 Å². The summed E-state index contributed by atoms with van der Waals surface area (Å²) >= 11 is 1.84. The van der Waals surface area contributed by atoms with Gasteiger partial charge >= 0.3 is 0 Å². The maximum absolute atomic E-state index is 5.97. The smallest absolute Gasteiger partial charge is 0.188 e. The Morgan fingerprint density at radius 2 is 1.87 bits per heavy atom. The first-order chi connectivity index (χ1) is 11.2. The van der Waals surface area contributed by atoms with Gasteiger partial charge in [0.25, 0.3) is 0 Å². The zero-order valence-corrected chi connectivity index (χ0v) is 14.3. The van der Waals surface area contributed by atoms with E-state index in [9.17, 15) is 0 Å². The molecular weight excluding hydrogens is 306 g/mol. The summed E-state index contributed by atoms with van der Waals surface area (Å²) in [7, 11) is 1.66. The fourth-order valence-corrected chi connectivity index (χ4v) is 3.36. The van der Waals surface area contributed by atoms with Gasteiger partial charge in [-0.15, -0.1) is 11.8 Å². The summed E-state index contributed by atoms with van der Waals surface area (Å²) in [6.07, 6.45) is 2.19. The van der Waals surface area contributed by atoms with E-state index in [0.29, 0.717) is 0 Å². The average molecular weight is 327 g/mol. The van der Waals surface area contributed by atoms with E-state index in [-0.39, 0.29) is 6.10 Å². The van der Waals surface area contributed by atoms with E-state index in [1.165, 1.54) is 10.5 Å². The molecule has 120 valence electrons. The minimum atomic E-state index is 0.248. The molecular formula is C19H21NO2S. The molecule has 2 aromatic carbocycles. The van der Waals surface area contributed by atoms with Crippen molar-refractivity contribution < 1.29 is 9.47 Å². The molecule has 0 saturated carbocycles. The van der Waals surface area contributed by atoms with Crippen molar-refractivity contribution in [3.8, 4) is 5.75 Å². The number of nitrogens with zero attached hydrogens (tertiary/aromatic N) is 1. The first kappa shape index (κ1) is 15.9. The van der Waals surface area contributed by atoms with Gasteiger partial charge in [0.15, 0.2) is 5.90 Å². The van der Waals surface area contributed by atoms with Crippen molar-refractivity contribution in [2.45, 2.75) is 30.8 Å². The van der Waals surface area contributed by atoms with E-state index >= 15 is 0 Å². The molecule has 1 heterocycles. The molecule has 23 heavy (non-hydrogen) atoms. The Kier molecular flexibility index (Phi) is 5.23. The second-order valence-corrected chi connectivity index (χ2v) is 6.70. The van der Waals surface area contributed by atoms with Gasteiger partial charge in [-0.3, -0.25) is 0 Å². The van der Waals surface area contributed by atoms with Crippen LogP contribution in [0.25, 0.3) is 0 Å². The molecule has 1 aliphatic heterocycles. The Balaban J connectivity index is 1.53. The van der Waals surface area contributed by atoms with Gasteiger partial charge in [-0.2, -0.15) is 0 Å². The summed E-state index contributed by atoms with van der Waals surface area (Å²) in [5, 5.41) is 0. The van der Waals surface area contributed by atoms with Crippen LogP contribution >= 0.6 is 11.8 Å². The largest absolute Gasteiger partial charge is 0.497 e. The molecule has 1 aliphatic rings. The molecule has 1 atom stereocenters. The van der Waals surface area contributed by atoms with E-state index in [1.807, 2.05) is 36.0 Å². The van der Waals surface area contributed by atoms with Crippen LogP contribution in [0.15, 0.2) is 58.4 Å². The van der Waals surface area contributed by atoms with E-state index in [1.54, 1.807) is 7.11 Å². The second-order valence-electron chi connectivity index (χ2n) is 5.61. The lowest BCUT2D eigenvalue weighted by atomic mass is 10.2. The minimum Gasteiger partial charge on any atom is -0.497 e. The lowest BCUT2D eigenvalue weighted by Gasteiger charge is -2.10. The third-order valence-corrected chi connectivity index (χ3v) is 4.91. The zero-order valence-electron chi connectivity index (χ0n) is 13.5. The standard InChI is InChI=1S/C19H21NO2S/c1-14-3-10-18(11-4-14)23-13-17-9-12-19(22-17)20-15-5-7-16(21-2)8-6-15/h3-8,10-11,17H,9,12-13H2,1-2H3. The van der Waals surface area contributed by atoms with Crippen molar-refractivity contribution in [2.75, 3.05) is 12.9 Å².